The Kier molecular flexibility index (Phi) is 4.56. The molecule has 0 unspecified atom stereocenters. The molecule has 3 heteroatoms. The van der Waals surface area contributed by atoms with Gasteiger partial charge < -0.3 is 9.47 Å². The van der Waals surface area contributed by atoms with Crippen LogP contribution in [0.15, 0.2) is 61.2 Å². The zero-order valence-corrected chi connectivity index (χ0v) is 11.3. The molecule has 102 valence electrons. The molecular formula is C17H16O3. The highest BCUT2D eigenvalue weighted by molar-refractivity contribution is 5.89. The number of rotatable bonds is 5. The number of hydrogen-bond acceptors (Lipinski definition) is 3. The Morgan fingerprint density at radius 3 is 2.10 bits per heavy atom. The molecule has 0 heterocycles. The molecule has 0 fully saturated rings. The number of benzene rings is 2. The SMILES string of the molecule is C=CCOc1ccc(-c2ccc(C(=O)OC)cc2)cc1. The van der Waals surface area contributed by atoms with Gasteiger partial charge in [0.15, 0.2) is 0 Å². The van der Waals surface area contributed by atoms with Gasteiger partial charge in [-0.15, -0.1) is 0 Å². The van der Waals surface area contributed by atoms with Crippen molar-refractivity contribution in [3.05, 3.63) is 66.7 Å². The van der Waals surface area contributed by atoms with Gasteiger partial charge in [-0.2, -0.15) is 0 Å². The molecular weight excluding hydrogens is 252 g/mol. The summed E-state index contributed by atoms with van der Waals surface area (Å²) in [5.41, 5.74) is 2.64. The van der Waals surface area contributed by atoms with Gasteiger partial charge in [0, 0.05) is 0 Å². The van der Waals surface area contributed by atoms with Crippen molar-refractivity contribution in [1.29, 1.82) is 0 Å². The van der Waals surface area contributed by atoms with Gasteiger partial charge in [-0.3, -0.25) is 0 Å². The van der Waals surface area contributed by atoms with Crippen LogP contribution in [0.3, 0.4) is 0 Å². The third-order valence-corrected chi connectivity index (χ3v) is 2.86. The molecule has 0 spiro atoms. The number of hydrogen-bond donors (Lipinski definition) is 0. The molecule has 0 aliphatic rings. The molecule has 0 amide bonds. The van der Waals surface area contributed by atoms with E-state index in [1.807, 2.05) is 36.4 Å². The van der Waals surface area contributed by atoms with E-state index in [-0.39, 0.29) is 5.97 Å². The fourth-order valence-electron chi connectivity index (χ4n) is 1.82. The first-order valence-corrected chi connectivity index (χ1v) is 6.27. The first-order valence-electron chi connectivity index (χ1n) is 6.27. The average molecular weight is 268 g/mol. The van der Waals surface area contributed by atoms with Crippen molar-refractivity contribution in [2.75, 3.05) is 13.7 Å². The third kappa shape index (κ3) is 3.26. The van der Waals surface area contributed by atoms with E-state index >= 15 is 0 Å². The average Bonchev–Trinajstić information content (AvgIpc) is 2.53. The normalized spacial score (nSPS) is 9.85. The molecule has 0 radical (unpaired) electrons. The van der Waals surface area contributed by atoms with Crippen molar-refractivity contribution in [3.63, 3.8) is 0 Å². The van der Waals surface area contributed by atoms with Gasteiger partial charge in [-0.25, -0.2) is 4.79 Å². The Morgan fingerprint density at radius 2 is 1.60 bits per heavy atom. The molecule has 0 aliphatic heterocycles. The topological polar surface area (TPSA) is 35.5 Å². The van der Waals surface area contributed by atoms with Crippen LogP contribution in [0, 0.1) is 0 Å². The van der Waals surface area contributed by atoms with E-state index in [0.717, 1.165) is 16.9 Å². The monoisotopic (exact) mass is 268 g/mol. The highest BCUT2D eigenvalue weighted by Crippen LogP contribution is 2.23. The lowest BCUT2D eigenvalue weighted by Gasteiger charge is -2.06. The van der Waals surface area contributed by atoms with Crippen molar-refractivity contribution in [3.8, 4) is 16.9 Å². The summed E-state index contributed by atoms with van der Waals surface area (Å²) in [5.74, 6) is 0.476. The molecule has 0 aromatic heterocycles. The number of carbonyl (C=O) groups is 1. The van der Waals surface area contributed by atoms with Crippen LogP contribution in [-0.2, 0) is 4.74 Å². The van der Waals surface area contributed by atoms with Crippen LogP contribution in [0.25, 0.3) is 11.1 Å². The molecule has 3 nitrogen and oxygen atoms in total. The van der Waals surface area contributed by atoms with Crippen LogP contribution < -0.4 is 4.74 Å². The van der Waals surface area contributed by atoms with Gasteiger partial charge in [0.2, 0.25) is 0 Å². The Hall–Kier alpha value is -2.55. The number of methoxy groups -OCH3 is 1. The van der Waals surface area contributed by atoms with Gasteiger partial charge in [-0.05, 0) is 35.4 Å². The summed E-state index contributed by atoms with van der Waals surface area (Å²) < 4.78 is 10.1. The van der Waals surface area contributed by atoms with Crippen molar-refractivity contribution in [2.24, 2.45) is 0 Å². The maximum Gasteiger partial charge on any atom is 0.337 e. The number of ether oxygens (including phenoxy) is 2. The van der Waals surface area contributed by atoms with Gasteiger partial charge >= 0.3 is 5.97 Å². The van der Waals surface area contributed by atoms with E-state index in [9.17, 15) is 4.79 Å². The summed E-state index contributed by atoms with van der Waals surface area (Å²) in [7, 11) is 1.37. The zero-order chi connectivity index (χ0) is 14.4. The largest absolute Gasteiger partial charge is 0.490 e. The van der Waals surface area contributed by atoms with Gasteiger partial charge in [-0.1, -0.05) is 36.9 Å². The van der Waals surface area contributed by atoms with E-state index < -0.39 is 0 Å². The molecule has 0 bridgehead atoms. The second-order valence-corrected chi connectivity index (χ2v) is 4.19. The Labute approximate surface area is 118 Å². The van der Waals surface area contributed by atoms with Crippen LogP contribution in [0.4, 0.5) is 0 Å². The van der Waals surface area contributed by atoms with Crippen LogP contribution in [-0.4, -0.2) is 19.7 Å². The minimum atomic E-state index is -0.329. The number of carbonyl (C=O) groups excluding carboxylic acids is 1. The quantitative estimate of drug-likeness (QED) is 0.612. The molecule has 2 rings (SSSR count). The molecule has 20 heavy (non-hydrogen) atoms. The molecule has 0 atom stereocenters. The van der Waals surface area contributed by atoms with Gasteiger partial charge in [0.05, 0.1) is 12.7 Å². The standard InChI is InChI=1S/C17H16O3/c1-3-12-20-16-10-8-14(9-11-16)13-4-6-15(7-5-13)17(18)19-2/h3-11H,1,12H2,2H3. The van der Waals surface area contributed by atoms with Crippen LogP contribution in [0.2, 0.25) is 0 Å². The first kappa shape index (κ1) is 13.9. The lowest BCUT2D eigenvalue weighted by atomic mass is 10.0. The maximum atomic E-state index is 11.4. The molecule has 0 saturated heterocycles. The summed E-state index contributed by atoms with van der Waals surface area (Å²) >= 11 is 0. The molecule has 0 aliphatic carbocycles. The second-order valence-electron chi connectivity index (χ2n) is 4.19. The van der Waals surface area contributed by atoms with Gasteiger partial charge in [0.25, 0.3) is 0 Å². The van der Waals surface area contributed by atoms with Crippen LogP contribution in [0.5, 0.6) is 5.75 Å². The van der Waals surface area contributed by atoms with Crippen LogP contribution in [0.1, 0.15) is 10.4 Å². The minimum Gasteiger partial charge on any atom is -0.490 e. The first-order chi connectivity index (χ1) is 9.74. The van der Waals surface area contributed by atoms with Crippen molar-refractivity contribution >= 4 is 5.97 Å². The fourth-order valence-corrected chi connectivity index (χ4v) is 1.82. The smallest absolute Gasteiger partial charge is 0.337 e. The van der Waals surface area contributed by atoms with Crippen molar-refractivity contribution < 1.29 is 14.3 Å². The van der Waals surface area contributed by atoms with Crippen LogP contribution >= 0.6 is 0 Å². The van der Waals surface area contributed by atoms with Crippen molar-refractivity contribution in [1.82, 2.24) is 0 Å². The summed E-state index contributed by atoms with van der Waals surface area (Å²) in [6, 6.07) is 15.1. The summed E-state index contributed by atoms with van der Waals surface area (Å²) in [6.45, 7) is 4.10. The lowest BCUT2D eigenvalue weighted by molar-refractivity contribution is 0.0601. The second kappa shape index (κ2) is 6.57. The highest BCUT2D eigenvalue weighted by Gasteiger charge is 2.05. The third-order valence-electron chi connectivity index (χ3n) is 2.86. The molecule has 0 N–H and O–H groups in total. The minimum absolute atomic E-state index is 0.329. The zero-order valence-electron chi connectivity index (χ0n) is 11.3. The molecule has 0 saturated carbocycles. The molecule has 2 aromatic rings. The van der Waals surface area contributed by atoms with E-state index in [4.69, 9.17) is 4.74 Å². The van der Waals surface area contributed by atoms with E-state index in [2.05, 4.69) is 11.3 Å². The Bertz CT molecular complexity index is 583. The lowest BCUT2D eigenvalue weighted by Crippen LogP contribution is -2.00. The maximum absolute atomic E-state index is 11.4. The number of esters is 1. The van der Waals surface area contributed by atoms with E-state index in [1.165, 1.54) is 7.11 Å². The van der Waals surface area contributed by atoms with Crippen molar-refractivity contribution in [2.45, 2.75) is 0 Å². The summed E-state index contributed by atoms with van der Waals surface area (Å²) in [4.78, 5) is 11.4. The van der Waals surface area contributed by atoms with E-state index in [0.29, 0.717) is 12.2 Å². The molecule has 2 aromatic carbocycles. The predicted molar refractivity (Wildman–Crippen MR) is 78.9 cm³/mol. The highest BCUT2D eigenvalue weighted by atomic mass is 16.5. The van der Waals surface area contributed by atoms with Gasteiger partial charge in [0.1, 0.15) is 12.4 Å². The summed E-state index contributed by atoms with van der Waals surface area (Å²) in [5, 5.41) is 0. The predicted octanol–water partition coefficient (Wildman–Crippen LogP) is 3.71. The van der Waals surface area contributed by atoms with E-state index in [1.54, 1.807) is 18.2 Å². The Balaban J connectivity index is 2.15. The Morgan fingerprint density at radius 1 is 1.05 bits per heavy atom. The fraction of sp³-hybridized carbons (Fsp3) is 0.118. The summed E-state index contributed by atoms with van der Waals surface area (Å²) in [6.07, 6.45) is 1.71.